The minimum Gasteiger partial charge on any atom is -0.379 e. The van der Waals surface area contributed by atoms with E-state index in [9.17, 15) is 0 Å². The summed E-state index contributed by atoms with van der Waals surface area (Å²) in [5.41, 5.74) is 0. The normalized spacial score (nSPS) is 28.3. The molecular weight excluding hydrogens is 231 g/mol. The van der Waals surface area contributed by atoms with Crippen molar-refractivity contribution in [3.8, 4) is 0 Å². The molecule has 3 heteroatoms. The molecule has 0 N–H and O–H groups in total. The molecule has 0 bridgehead atoms. The second-order valence-electron chi connectivity index (χ2n) is 2.11. The Morgan fingerprint density at radius 1 is 1.67 bits per heavy atom. The van der Waals surface area contributed by atoms with Crippen molar-refractivity contribution in [1.29, 1.82) is 0 Å². The van der Waals surface area contributed by atoms with E-state index in [1.165, 1.54) is 6.42 Å². The lowest BCUT2D eigenvalue weighted by Crippen LogP contribution is -2.24. The van der Waals surface area contributed by atoms with Gasteiger partial charge in [0.2, 0.25) is 0 Å². The van der Waals surface area contributed by atoms with E-state index >= 15 is 0 Å². The number of ether oxygens (including phenoxy) is 2. The van der Waals surface area contributed by atoms with Crippen LogP contribution in [-0.4, -0.2) is 23.9 Å². The first kappa shape index (κ1) is 7.75. The highest BCUT2D eigenvalue weighted by Gasteiger charge is 2.12. The predicted molar refractivity (Wildman–Crippen MR) is 43.8 cm³/mol. The van der Waals surface area contributed by atoms with Gasteiger partial charge in [-0.1, -0.05) is 22.6 Å². The third-order valence-corrected chi connectivity index (χ3v) is 1.78. The van der Waals surface area contributed by atoms with Crippen LogP contribution in [0.15, 0.2) is 0 Å². The summed E-state index contributed by atoms with van der Waals surface area (Å²) in [4.78, 5) is 0. The SMILES string of the molecule is ICO[C@@H]1CCCOC1. The van der Waals surface area contributed by atoms with Gasteiger partial charge in [-0.2, -0.15) is 0 Å². The zero-order valence-electron chi connectivity index (χ0n) is 5.31. The number of hydrogen-bond donors (Lipinski definition) is 0. The second kappa shape index (κ2) is 4.46. The minimum absolute atomic E-state index is 0.371. The molecule has 9 heavy (non-hydrogen) atoms. The molecule has 0 aromatic heterocycles. The van der Waals surface area contributed by atoms with Gasteiger partial charge in [-0.3, -0.25) is 0 Å². The molecular formula is C6H11IO2. The maximum Gasteiger partial charge on any atom is 0.0984 e. The van der Waals surface area contributed by atoms with Gasteiger partial charge in [0, 0.05) is 6.61 Å². The molecule has 1 aliphatic rings. The summed E-state index contributed by atoms with van der Waals surface area (Å²) in [6.45, 7) is 1.71. The molecule has 0 aromatic carbocycles. The Bertz CT molecular complexity index is 68.7. The van der Waals surface area contributed by atoms with Crippen molar-refractivity contribution >= 4 is 22.6 Å². The lowest BCUT2D eigenvalue weighted by molar-refractivity contribution is -0.0316. The van der Waals surface area contributed by atoms with Gasteiger partial charge in [-0.15, -0.1) is 0 Å². The fourth-order valence-electron chi connectivity index (χ4n) is 0.932. The highest BCUT2D eigenvalue weighted by molar-refractivity contribution is 14.1. The molecule has 0 amide bonds. The molecule has 0 unspecified atom stereocenters. The van der Waals surface area contributed by atoms with Crippen LogP contribution in [0.4, 0.5) is 0 Å². The highest BCUT2D eigenvalue weighted by atomic mass is 127. The van der Waals surface area contributed by atoms with Crippen LogP contribution >= 0.6 is 22.6 Å². The standard InChI is InChI=1S/C6H11IO2/c7-5-9-6-2-1-3-8-4-6/h6H,1-5H2/t6-/m1/s1. The molecule has 0 saturated carbocycles. The van der Waals surface area contributed by atoms with E-state index < -0.39 is 0 Å². The van der Waals surface area contributed by atoms with Crippen LogP contribution in [0.1, 0.15) is 12.8 Å². The van der Waals surface area contributed by atoms with Gasteiger partial charge < -0.3 is 9.47 Å². The second-order valence-corrected chi connectivity index (χ2v) is 2.74. The number of hydrogen-bond acceptors (Lipinski definition) is 2. The van der Waals surface area contributed by atoms with Gasteiger partial charge in [-0.05, 0) is 12.8 Å². The van der Waals surface area contributed by atoms with E-state index in [1.54, 1.807) is 0 Å². The fourth-order valence-corrected chi connectivity index (χ4v) is 1.44. The van der Waals surface area contributed by atoms with Crippen LogP contribution in [0, 0.1) is 0 Å². The first-order valence-electron chi connectivity index (χ1n) is 3.19. The quantitative estimate of drug-likeness (QED) is 0.540. The Kier molecular flexibility index (Phi) is 3.85. The topological polar surface area (TPSA) is 18.5 Å². The summed E-state index contributed by atoms with van der Waals surface area (Å²) in [6.07, 6.45) is 2.69. The van der Waals surface area contributed by atoms with Crippen molar-refractivity contribution in [1.82, 2.24) is 0 Å². The van der Waals surface area contributed by atoms with Gasteiger partial charge >= 0.3 is 0 Å². The third kappa shape index (κ3) is 2.82. The number of halogens is 1. The molecule has 1 atom stereocenters. The minimum atomic E-state index is 0.371. The van der Waals surface area contributed by atoms with Crippen LogP contribution in [0.25, 0.3) is 0 Å². The van der Waals surface area contributed by atoms with E-state index in [2.05, 4.69) is 22.6 Å². The lowest BCUT2D eigenvalue weighted by Gasteiger charge is -2.20. The maximum atomic E-state index is 5.34. The van der Waals surface area contributed by atoms with Crippen molar-refractivity contribution < 1.29 is 9.47 Å². The molecule has 1 aliphatic heterocycles. The Labute approximate surface area is 69.0 Å². The van der Waals surface area contributed by atoms with Crippen LogP contribution in [-0.2, 0) is 9.47 Å². The lowest BCUT2D eigenvalue weighted by atomic mass is 10.2. The van der Waals surface area contributed by atoms with E-state index in [0.29, 0.717) is 6.10 Å². The Morgan fingerprint density at radius 2 is 2.56 bits per heavy atom. The average molecular weight is 242 g/mol. The molecule has 54 valence electrons. The van der Waals surface area contributed by atoms with Crippen LogP contribution < -0.4 is 0 Å². The van der Waals surface area contributed by atoms with E-state index in [1.807, 2.05) is 0 Å². The Balaban J connectivity index is 2.08. The number of rotatable bonds is 2. The Morgan fingerprint density at radius 3 is 3.11 bits per heavy atom. The van der Waals surface area contributed by atoms with Crippen molar-refractivity contribution in [3.05, 3.63) is 0 Å². The van der Waals surface area contributed by atoms with Crippen molar-refractivity contribution in [2.24, 2.45) is 0 Å². The van der Waals surface area contributed by atoms with Gasteiger partial charge in [0.25, 0.3) is 0 Å². The van der Waals surface area contributed by atoms with Crippen molar-refractivity contribution in [2.75, 3.05) is 17.8 Å². The summed E-state index contributed by atoms with van der Waals surface area (Å²) in [5, 5.41) is 0. The zero-order valence-corrected chi connectivity index (χ0v) is 7.46. The summed E-state index contributed by atoms with van der Waals surface area (Å²) in [6, 6.07) is 0. The smallest absolute Gasteiger partial charge is 0.0984 e. The summed E-state index contributed by atoms with van der Waals surface area (Å²) >= 11 is 2.21. The molecule has 0 radical (unpaired) electrons. The average Bonchev–Trinajstić information content (AvgIpc) is 1.91. The summed E-state index contributed by atoms with van der Waals surface area (Å²) < 4.78 is 11.3. The molecule has 1 saturated heterocycles. The summed E-state index contributed by atoms with van der Waals surface area (Å²) in [7, 11) is 0. The van der Waals surface area contributed by atoms with Crippen molar-refractivity contribution in [3.63, 3.8) is 0 Å². The molecule has 0 spiro atoms. The Hall–Kier alpha value is 0.650. The zero-order chi connectivity index (χ0) is 6.53. The van der Waals surface area contributed by atoms with Crippen molar-refractivity contribution in [2.45, 2.75) is 18.9 Å². The molecule has 1 rings (SSSR count). The van der Waals surface area contributed by atoms with Gasteiger partial charge in [-0.25, -0.2) is 0 Å². The first-order valence-corrected chi connectivity index (χ1v) is 4.71. The van der Waals surface area contributed by atoms with Gasteiger partial charge in [0.1, 0.15) is 0 Å². The summed E-state index contributed by atoms with van der Waals surface area (Å²) in [5.74, 6) is 0. The maximum absolute atomic E-state index is 5.34. The fraction of sp³-hybridized carbons (Fsp3) is 1.00. The van der Waals surface area contributed by atoms with Crippen LogP contribution in [0.5, 0.6) is 0 Å². The molecule has 2 nitrogen and oxygen atoms in total. The first-order chi connectivity index (χ1) is 4.43. The predicted octanol–water partition coefficient (Wildman–Crippen LogP) is 1.57. The van der Waals surface area contributed by atoms with Crippen LogP contribution in [0.2, 0.25) is 0 Å². The largest absolute Gasteiger partial charge is 0.379 e. The van der Waals surface area contributed by atoms with Gasteiger partial charge in [0.05, 0.1) is 17.3 Å². The van der Waals surface area contributed by atoms with E-state index in [0.717, 1.165) is 24.2 Å². The molecule has 1 heterocycles. The number of alkyl halides is 1. The molecule has 0 aliphatic carbocycles. The molecule has 1 fully saturated rings. The van der Waals surface area contributed by atoms with E-state index in [-0.39, 0.29) is 0 Å². The molecule has 0 aromatic rings. The third-order valence-electron chi connectivity index (χ3n) is 1.42. The monoisotopic (exact) mass is 242 g/mol. The van der Waals surface area contributed by atoms with E-state index in [4.69, 9.17) is 9.47 Å². The highest BCUT2D eigenvalue weighted by Crippen LogP contribution is 2.09. The van der Waals surface area contributed by atoms with Crippen LogP contribution in [0.3, 0.4) is 0 Å². The van der Waals surface area contributed by atoms with Gasteiger partial charge in [0.15, 0.2) is 0 Å².